The molecule has 134 valence electrons. The van der Waals surface area contributed by atoms with E-state index < -0.39 is 5.97 Å². The van der Waals surface area contributed by atoms with E-state index in [0.717, 1.165) is 18.4 Å². The molecule has 1 aromatic rings. The highest BCUT2D eigenvalue weighted by molar-refractivity contribution is 5.88. The van der Waals surface area contributed by atoms with Crippen LogP contribution in [0.5, 0.6) is 0 Å². The summed E-state index contributed by atoms with van der Waals surface area (Å²) in [5.74, 6) is -0.953. The predicted octanol–water partition coefficient (Wildman–Crippen LogP) is 0.777. The van der Waals surface area contributed by atoms with Gasteiger partial charge < -0.3 is 19.6 Å². The zero-order valence-electron chi connectivity index (χ0n) is 14.0. The van der Waals surface area contributed by atoms with Gasteiger partial charge >= 0.3 is 5.97 Å². The Bertz CT molecular complexity index is 644. The van der Waals surface area contributed by atoms with Crippen LogP contribution in [0.15, 0.2) is 24.3 Å². The Morgan fingerprint density at radius 3 is 2.24 bits per heavy atom. The molecule has 2 saturated heterocycles. The SMILES string of the molecule is O=C(O)c1ccc(CC(=O)N2CCN(C(=O)C3CCCO3)CC2)cc1. The van der Waals surface area contributed by atoms with Gasteiger partial charge in [0.05, 0.1) is 12.0 Å². The van der Waals surface area contributed by atoms with Crippen LogP contribution in [0.25, 0.3) is 0 Å². The highest BCUT2D eigenvalue weighted by Crippen LogP contribution is 2.16. The van der Waals surface area contributed by atoms with Crippen molar-refractivity contribution in [3.8, 4) is 0 Å². The number of carboxylic acids is 1. The van der Waals surface area contributed by atoms with E-state index >= 15 is 0 Å². The van der Waals surface area contributed by atoms with Crippen molar-refractivity contribution in [3.63, 3.8) is 0 Å². The number of carbonyl (C=O) groups excluding carboxylic acids is 2. The Morgan fingerprint density at radius 2 is 1.68 bits per heavy atom. The fourth-order valence-electron chi connectivity index (χ4n) is 3.20. The normalized spacial score (nSPS) is 20.6. The largest absolute Gasteiger partial charge is 0.478 e. The summed E-state index contributed by atoms with van der Waals surface area (Å²) in [6.07, 6.45) is 1.63. The zero-order valence-corrected chi connectivity index (χ0v) is 14.0. The summed E-state index contributed by atoms with van der Waals surface area (Å²) in [7, 11) is 0. The molecule has 2 fully saturated rings. The van der Waals surface area contributed by atoms with Crippen molar-refractivity contribution < 1.29 is 24.2 Å². The molecule has 2 heterocycles. The third-order valence-electron chi connectivity index (χ3n) is 4.71. The number of benzene rings is 1. The van der Waals surface area contributed by atoms with E-state index in [4.69, 9.17) is 9.84 Å². The molecule has 25 heavy (non-hydrogen) atoms. The van der Waals surface area contributed by atoms with Crippen molar-refractivity contribution in [1.29, 1.82) is 0 Å². The molecule has 3 rings (SSSR count). The first-order valence-electron chi connectivity index (χ1n) is 8.55. The van der Waals surface area contributed by atoms with Gasteiger partial charge in [-0.25, -0.2) is 4.79 Å². The lowest BCUT2D eigenvalue weighted by molar-refractivity contribution is -0.145. The summed E-state index contributed by atoms with van der Waals surface area (Å²) in [5.41, 5.74) is 0.991. The number of nitrogens with zero attached hydrogens (tertiary/aromatic N) is 2. The van der Waals surface area contributed by atoms with Gasteiger partial charge in [0.25, 0.3) is 5.91 Å². The van der Waals surface area contributed by atoms with Crippen molar-refractivity contribution in [1.82, 2.24) is 9.80 Å². The number of amides is 2. The van der Waals surface area contributed by atoms with E-state index in [1.54, 1.807) is 21.9 Å². The van der Waals surface area contributed by atoms with Crippen LogP contribution in [0.4, 0.5) is 0 Å². The van der Waals surface area contributed by atoms with Crippen LogP contribution >= 0.6 is 0 Å². The highest BCUT2D eigenvalue weighted by atomic mass is 16.5. The zero-order chi connectivity index (χ0) is 17.8. The average molecular weight is 346 g/mol. The van der Waals surface area contributed by atoms with Crippen LogP contribution in [0.3, 0.4) is 0 Å². The van der Waals surface area contributed by atoms with Crippen molar-refractivity contribution >= 4 is 17.8 Å². The molecule has 7 heteroatoms. The minimum Gasteiger partial charge on any atom is -0.478 e. The first-order chi connectivity index (χ1) is 12.0. The third-order valence-corrected chi connectivity index (χ3v) is 4.71. The first-order valence-corrected chi connectivity index (χ1v) is 8.55. The maximum atomic E-state index is 12.4. The number of carboxylic acid groups (broad SMARTS) is 1. The number of carbonyl (C=O) groups is 3. The second kappa shape index (κ2) is 7.65. The summed E-state index contributed by atoms with van der Waals surface area (Å²) < 4.78 is 5.43. The molecule has 0 aromatic heterocycles. The summed E-state index contributed by atoms with van der Waals surface area (Å²) in [4.78, 5) is 39.1. The summed E-state index contributed by atoms with van der Waals surface area (Å²) in [5, 5.41) is 8.89. The minimum absolute atomic E-state index is 0.00714. The molecule has 0 radical (unpaired) electrons. The number of rotatable bonds is 4. The highest BCUT2D eigenvalue weighted by Gasteiger charge is 2.31. The standard InChI is InChI=1S/C18H22N2O5/c21-16(12-13-3-5-14(6-4-13)18(23)24)19-7-9-20(10-8-19)17(22)15-2-1-11-25-15/h3-6,15H,1-2,7-12H2,(H,23,24). The van der Waals surface area contributed by atoms with E-state index in [1.807, 2.05) is 0 Å². The summed E-state index contributed by atoms with van der Waals surface area (Å²) in [6.45, 7) is 2.75. The maximum absolute atomic E-state index is 12.4. The molecule has 2 aliphatic rings. The second-order valence-electron chi connectivity index (χ2n) is 6.39. The Morgan fingerprint density at radius 1 is 1.04 bits per heavy atom. The van der Waals surface area contributed by atoms with Crippen LogP contribution in [0.1, 0.15) is 28.8 Å². The molecule has 2 aliphatic heterocycles. The molecule has 0 spiro atoms. The number of ether oxygens (including phenoxy) is 1. The van der Waals surface area contributed by atoms with E-state index in [1.165, 1.54) is 12.1 Å². The topological polar surface area (TPSA) is 87.2 Å². The van der Waals surface area contributed by atoms with E-state index in [-0.39, 0.29) is 29.9 Å². The second-order valence-corrected chi connectivity index (χ2v) is 6.39. The van der Waals surface area contributed by atoms with Gasteiger partial charge in [0, 0.05) is 32.8 Å². The lowest BCUT2D eigenvalue weighted by atomic mass is 10.1. The molecule has 0 bridgehead atoms. The van der Waals surface area contributed by atoms with Gasteiger partial charge in [-0.3, -0.25) is 9.59 Å². The van der Waals surface area contributed by atoms with Crippen LogP contribution in [0.2, 0.25) is 0 Å². The van der Waals surface area contributed by atoms with Gasteiger partial charge in [0.1, 0.15) is 6.10 Å². The van der Waals surface area contributed by atoms with Crippen molar-refractivity contribution in [2.45, 2.75) is 25.4 Å². The van der Waals surface area contributed by atoms with E-state index in [0.29, 0.717) is 32.8 Å². The quantitative estimate of drug-likeness (QED) is 0.870. The molecule has 0 aliphatic carbocycles. The van der Waals surface area contributed by atoms with Gasteiger partial charge in [0.2, 0.25) is 5.91 Å². The lowest BCUT2D eigenvalue weighted by Crippen LogP contribution is -2.53. The van der Waals surface area contributed by atoms with Crippen molar-refractivity contribution in [2.75, 3.05) is 32.8 Å². The van der Waals surface area contributed by atoms with Crippen LogP contribution < -0.4 is 0 Å². The maximum Gasteiger partial charge on any atom is 0.335 e. The van der Waals surface area contributed by atoms with Crippen LogP contribution in [-0.2, 0) is 20.7 Å². The molecule has 2 amide bonds. The molecule has 1 N–H and O–H groups in total. The van der Waals surface area contributed by atoms with Gasteiger partial charge in [-0.1, -0.05) is 12.1 Å². The minimum atomic E-state index is -0.982. The monoisotopic (exact) mass is 346 g/mol. The van der Waals surface area contributed by atoms with Crippen LogP contribution in [-0.4, -0.2) is 71.6 Å². The number of hydrogen-bond acceptors (Lipinski definition) is 4. The number of piperazine rings is 1. The lowest BCUT2D eigenvalue weighted by Gasteiger charge is -2.35. The Labute approximate surface area is 146 Å². The summed E-state index contributed by atoms with van der Waals surface area (Å²) in [6, 6.07) is 6.34. The van der Waals surface area contributed by atoms with E-state index in [9.17, 15) is 14.4 Å². The summed E-state index contributed by atoms with van der Waals surface area (Å²) >= 11 is 0. The Kier molecular flexibility index (Phi) is 5.33. The smallest absolute Gasteiger partial charge is 0.335 e. The van der Waals surface area contributed by atoms with Gasteiger partial charge in [-0.2, -0.15) is 0 Å². The van der Waals surface area contributed by atoms with Gasteiger partial charge in [0.15, 0.2) is 0 Å². The third kappa shape index (κ3) is 4.17. The van der Waals surface area contributed by atoms with Crippen molar-refractivity contribution in [3.05, 3.63) is 35.4 Å². The molecule has 1 unspecified atom stereocenters. The van der Waals surface area contributed by atoms with Crippen LogP contribution in [0, 0.1) is 0 Å². The predicted molar refractivity (Wildman–Crippen MR) is 89.2 cm³/mol. The molecule has 1 aromatic carbocycles. The van der Waals surface area contributed by atoms with E-state index in [2.05, 4.69) is 0 Å². The molecule has 7 nitrogen and oxygen atoms in total. The van der Waals surface area contributed by atoms with Gasteiger partial charge in [-0.15, -0.1) is 0 Å². The Balaban J connectivity index is 1.49. The van der Waals surface area contributed by atoms with Gasteiger partial charge in [-0.05, 0) is 30.5 Å². The molecule has 0 saturated carbocycles. The fraction of sp³-hybridized carbons (Fsp3) is 0.500. The molecule has 1 atom stereocenters. The first kappa shape index (κ1) is 17.4. The number of aromatic carboxylic acids is 1. The van der Waals surface area contributed by atoms with Crippen molar-refractivity contribution in [2.24, 2.45) is 0 Å². The fourth-order valence-corrected chi connectivity index (χ4v) is 3.20. The molecular weight excluding hydrogens is 324 g/mol. The molecular formula is C18H22N2O5. The number of hydrogen-bond donors (Lipinski definition) is 1. The Hall–Kier alpha value is -2.41. The average Bonchev–Trinajstić information content (AvgIpc) is 3.16.